The first-order chi connectivity index (χ1) is 12.0. The van der Waals surface area contributed by atoms with Gasteiger partial charge in [0, 0.05) is 23.2 Å². The van der Waals surface area contributed by atoms with Crippen LogP contribution in [0.25, 0.3) is 0 Å². The number of carbonyl (C=O) groups excluding carboxylic acids is 2. The molecule has 0 saturated heterocycles. The summed E-state index contributed by atoms with van der Waals surface area (Å²) in [5, 5.41) is 7.37. The SMILES string of the molecule is Cc1cc(C(=O)Nc2ccc(Cl)cc2C(=O)c2ccccc2)n(C)n1. The first-order valence-electron chi connectivity index (χ1n) is 7.67. The highest BCUT2D eigenvalue weighted by molar-refractivity contribution is 6.31. The number of ketones is 1. The first-order valence-corrected chi connectivity index (χ1v) is 8.05. The Labute approximate surface area is 150 Å². The predicted octanol–water partition coefficient (Wildman–Crippen LogP) is 3.87. The molecule has 3 aromatic rings. The second-order valence-electron chi connectivity index (χ2n) is 5.63. The monoisotopic (exact) mass is 353 g/mol. The number of amides is 1. The van der Waals surface area contributed by atoms with Crippen molar-refractivity contribution in [3.05, 3.63) is 82.1 Å². The maximum atomic E-state index is 12.8. The molecule has 3 rings (SSSR count). The van der Waals surface area contributed by atoms with Crippen LogP contribution in [0.5, 0.6) is 0 Å². The summed E-state index contributed by atoms with van der Waals surface area (Å²) in [6.45, 7) is 1.81. The van der Waals surface area contributed by atoms with Gasteiger partial charge in [-0.15, -0.1) is 0 Å². The standard InChI is InChI=1S/C19H16ClN3O2/c1-12-10-17(23(2)22-12)19(25)21-16-9-8-14(20)11-15(16)18(24)13-6-4-3-5-7-13/h3-11H,1-2H3,(H,21,25). The summed E-state index contributed by atoms with van der Waals surface area (Å²) < 4.78 is 1.50. The van der Waals surface area contributed by atoms with Crippen molar-refractivity contribution in [2.75, 3.05) is 5.32 Å². The molecule has 0 radical (unpaired) electrons. The van der Waals surface area contributed by atoms with Gasteiger partial charge in [-0.25, -0.2) is 0 Å². The zero-order chi connectivity index (χ0) is 18.0. The maximum absolute atomic E-state index is 12.8. The lowest BCUT2D eigenvalue weighted by molar-refractivity contribution is 0.101. The second-order valence-corrected chi connectivity index (χ2v) is 6.07. The summed E-state index contributed by atoms with van der Waals surface area (Å²) in [5.74, 6) is -0.549. The molecule has 126 valence electrons. The van der Waals surface area contributed by atoms with E-state index in [1.165, 1.54) is 4.68 Å². The quantitative estimate of drug-likeness (QED) is 0.724. The highest BCUT2D eigenvalue weighted by atomic mass is 35.5. The van der Waals surface area contributed by atoms with E-state index in [-0.39, 0.29) is 11.7 Å². The Morgan fingerprint density at radius 1 is 1.08 bits per heavy atom. The molecule has 0 saturated carbocycles. The van der Waals surface area contributed by atoms with E-state index in [1.54, 1.807) is 55.6 Å². The molecule has 1 N–H and O–H groups in total. The summed E-state index contributed by atoms with van der Waals surface area (Å²) in [4.78, 5) is 25.3. The molecule has 0 atom stereocenters. The minimum atomic E-state index is -0.340. The Kier molecular flexibility index (Phi) is 4.67. The van der Waals surface area contributed by atoms with E-state index in [4.69, 9.17) is 11.6 Å². The minimum absolute atomic E-state index is 0.209. The van der Waals surface area contributed by atoms with E-state index in [0.717, 1.165) is 5.69 Å². The van der Waals surface area contributed by atoms with Gasteiger partial charge in [-0.1, -0.05) is 41.9 Å². The van der Waals surface area contributed by atoms with Crippen molar-refractivity contribution in [2.45, 2.75) is 6.92 Å². The zero-order valence-corrected chi connectivity index (χ0v) is 14.5. The van der Waals surface area contributed by atoms with Gasteiger partial charge < -0.3 is 5.32 Å². The number of benzene rings is 2. The van der Waals surface area contributed by atoms with E-state index >= 15 is 0 Å². The van der Waals surface area contributed by atoms with Crippen LogP contribution in [0, 0.1) is 6.92 Å². The largest absolute Gasteiger partial charge is 0.320 e. The van der Waals surface area contributed by atoms with Gasteiger partial charge in [0.25, 0.3) is 5.91 Å². The molecule has 2 aromatic carbocycles. The van der Waals surface area contributed by atoms with Crippen LogP contribution < -0.4 is 5.32 Å². The fraction of sp³-hybridized carbons (Fsp3) is 0.105. The Morgan fingerprint density at radius 3 is 2.44 bits per heavy atom. The van der Waals surface area contributed by atoms with Crippen LogP contribution in [0.3, 0.4) is 0 Å². The summed E-state index contributed by atoms with van der Waals surface area (Å²) in [5.41, 5.74) is 2.42. The number of halogens is 1. The van der Waals surface area contributed by atoms with Crippen molar-refractivity contribution in [1.29, 1.82) is 0 Å². The minimum Gasteiger partial charge on any atom is -0.320 e. The average molecular weight is 354 g/mol. The lowest BCUT2D eigenvalue weighted by Crippen LogP contribution is -2.18. The number of nitrogens with one attached hydrogen (secondary N) is 1. The van der Waals surface area contributed by atoms with Crippen molar-refractivity contribution in [2.24, 2.45) is 7.05 Å². The Morgan fingerprint density at radius 2 is 1.80 bits per heavy atom. The van der Waals surface area contributed by atoms with Crippen LogP contribution in [0.15, 0.2) is 54.6 Å². The fourth-order valence-corrected chi connectivity index (χ4v) is 2.74. The van der Waals surface area contributed by atoms with Gasteiger partial charge in [0.05, 0.1) is 11.4 Å². The van der Waals surface area contributed by atoms with Gasteiger partial charge in [0.2, 0.25) is 0 Å². The highest BCUT2D eigenvalue weighted by Crippen LogP contribution is 2.24. The Bertz CT molecular complexity index is 949. The molecule has 0 unspecified atom stereocenters. The topological polar surface area (TPSA) is 64.0 Å². The number of nitrogens with zero attached hydrogens (tertiary/aromatic N) is 2. The molecule has 5 nitrogen and oxygen atoms in total. The number of carbonyl (C=O) groups is 2. The third-order valence-corrected chi connectivity index (χ3v) is 3.98. The van der Waals surface area contributed by atoms with Crippen molar-refractivity contribution in [3.8, 4) is 0 Å². The molecule has 0 aliphatic heterocycles. The maximum Gasteiger partial charge on any atom is 0.273 e. The molecular formula is C19H16ClN3O2. The summed E-state index contributed by atoms with van der Waals surface area (Å²) in [6, 6.07) is 15.3. The van der Waals surface area contributed by atoms with Crippen LogP contribution in [0.1, 0.15) is 32.1 Å². The van der Waals surface area contributed by atoms with Gasteiger partial charge in [-0.2, -0.15) is 5.10 Å². The van der Waals surface area contributed by atoms with E-state index in [0.29, 0.717) is 27.5 Å². The van der Waals surface area contributed by atoms with E-state index < -0.39 is 0 Å². The molecule has 0 fully saturated rings. The lowest BCUT2D eigenvalue weighted by Gasteiger charge is -2.11. The van der Waals surface area contributed by atoms with Crippen molar-refractivity contribution < 1.29 is 9.59 Å². The van der Waals surface area contributed by atoms with Crippen molar-refractivity contribution in [3.63, 3.8) is 0 Å². The molecule has 1 amide bonds. The van der Waals surface area contributed by atoms with Gasteiger partial charge >= 0.3 is 0 Å². The van der Waals surface area contributed by atoms with Crippen molar-refractivity contribution in [1.82, 2.24) is 9.78 Å². The van der Waals surface area contributed by atoms with Gasteiger partial charge in [-0.05, 0) is 31.2 Å². The predicted molar refractivity (Wildman–Crippen MR) is 97.2 cm³/mol. The van der Waals surface area contributed by atoms with E-state index in [9.17, 15) is 9.59 Å². The highest BCUT2D eigenvalue weighted by Gasteiger charge is 2.18. The molecule has 25 heavy (non-hydrogen) atoms. The second kappa shape index (κ2) is 6.91. The average Bonchev–Trinajstić information content (AvgIpc) is 2.95. The summed E-state index contributed by atoms with van der Waals surface area (Å²) in [6.07, 6.45) is 0. The molecular weight excluding hydrogens is 338 g/mol. The number of hydrogen-bond acceptors (Lipinski definition) is 3. The summed E-state index contributed by atoms with van der Waals surface area (Å²) >= 11 is 6.05. The van der Waals surface area contributed by atoms with Crippen LogP contribution in [0.2, 0.25) is 5.02 Å². The van der Waals surface area contributed by atoms with E-state index in [2.05, 4.69) is 10.4 Å². The molecule has 1 heterocycles. The Balaban J connectivity index is 1.96. The number of rotatable bonds is 4. The molecule has 0 aliphatic rings. The fourth-order valence-electron chi connectivity index (χ4n) is 2.57. The van der Waals surface area contributed by atoms with Crippen LogP contribution >= 0.6 is 11.6 Å². The number of aryl methyl sites for hydroxylation is 2. The molecule has 0 bridgehead atoms. The smallest absolute Gasteiger partial charge is 0.273 e. The molecule has 0 spiro atoms. The number of hydrogen-bond donors (Lipinski definition) is 1. The van der Waals surface area contributed by atoms with Crippen molar-refractivity contribution >= 4 is 29.0 Å². The number of aromatic nitrogens is 2. The van der Waals surface area contributed by atoms with Gasteiger partial charge in [0.1, 0.15) is 5.69 Å². The lowest BCUT2D eigenvalue weighted by atomic mass is 10.0. The number of anilines is 1. The third kappa shape index (κ3) is 3.61. The first kappa shape index (κ1) is 16.9. The molecule has 6 heteroatoms. The summed E-state index contributed by atoms with van der Waals surface area (Å²) in [7, 11) is 1.69. The van der Waals surface area contributed by atoms with Crippen LogP contribution in [-0.2, 0) is 7.05 Å². The van der Waals surface area contributed by atoms with Gasteiger partial charge in [0.15, 0.2) is 5.78 Å². The molecule has 0 aliphatic carbocycles. The van der Waals surface area contributed by atoms with Gasteiger partial charge in [-0.3, -0.25) is 14.3 Å². The normalized spacial score (nSPS) is 10.5. The third-order valence-electron chi connectivity index (χ3n) is 3.75. The van der Waals surface area contributed by atoms with E-state index in [1.807, 2.05) is 13.0 Å². The molecule has 1 aromatic heterocycles. The van der Waals surface area contributed by atoms with Crippen LogP contribution in [0.4, 0.5) is 5.69 Å². The van der Waals surface area contributed by atoms with Crippen LogP contribution in [-0.4, -0.2) is 21.5 Å². The Hall–Kier alpha value is -2.92. The zero-order valence-electron chi connectivity index (χ0n) is 13.8.